The minimum absolute atomic E-state index is 0. The molecule has 9 nitrogen and oxygen atoms in total. The molecule has 0 unspecified atom stereocenters. The van der Waals surface area contributed by atoms with E-state index in [1.165, 1.54) is 55.6 Å². The molecule has 6 rings (SSSR count). The first kappa shape index (κ1) is 53.3. The van der Waals surface area contributed by atoms with E-state index in [0.717, 1.165) is 26.2 Å². The van der Waals surface area contributed by atoms with Gasteiger partial charge in [0.1, 0.15) is 0 Å². The normalized spacial score (nSPS) is 10.5. The molecule has 0 spiro atoms. The van der Waals surface area contributed by atoms with Crippen LogP contribution in [-0.4, -0.2) is 64.4 Å². The number of aromatic nitrogens is 8. The van der Waals surface area contributed by atoms with Gasteiger partial charge < -0.3 is 57.9 Å². The third kappa shape index (κ3) is 20.5. The van der Waals surface area contributed by atoms with E-state index >= 15 is 0 Å². The van der Waals surface area contributed by atoms with Crippen molar-refractivity contribution in [2.45, 2.75) is 74.6 Å². The molecule has 21 heteroatoms. The summed E-state index contributed by atoms with van der Waals surface area (Å²) in [5.74, 6) is 0. The molecule has 57 heavy (non-hydrogen) atoms. The third-order valence-electron chi connectivity index (χ3n) is 8.18. The van der Waals surface area contributed by atoms with Crippen LogP contribution in [0.25, 0.3) is 0 Å². The van der Waals surface area contributed by atoms with Gasteiger partial charge in [-0.2, -0.15) is 0 Å². The first-order chi connectivity index (χ1) is 25.7. The molecule has 4 heterocycles. The van der Waals surface area contributed by atoms with Crippen molar-refractivity contribution >= 4 is 14.5 Å². The number of aliphatic hydroxyl groups excluding tert-OH is 1. The molecule has 320 valence electrons. The number of benzene rings is 2. The Hall–Kier alpha value is -3.71. The fourth-order valence-corrected chi connectivity index (χ4v) is 5.77. The van der Waals surface area contributed by atoms with Gasteiger partial charge in [-0.05, 0) is 104 Å². The fourth-order valence-electron chi connectivity index (χ4n) is 5.77. The van der Waals surface area contributed by atoms with Gasteiger partial charge in [0, 0.05) is 82.4 Å². The maximum absolute atomic E-state index is 9.75. The quantitative estimate of drug-likeness (QED) is 0.122. The number of halogens is 8. The Kier molecular flexibility index (Phi) is 23.9. The zero-order chi connectivity index (χ0) is 41.3. The molecule has 1 N–H and O–H groups in total. The first-order valence-electron chi connectivity index (χ1n) is 17.1. The van der Waals surface area contributed by atoms with E-state index in [9.17, 15) is 34.5 Å². The average Bonchev–Trinajstić information content (AvgIpc) is 3.91. The predicted octanol–water partition coefficient (Wildman–Crippen LogP) is 8.80. The third-order valence-corrected chi connectivity index (χ3v) is 8.18. The maximum Gasteiger partial charge on any atom is 1.00 e. The average molecular weight is 996 g/mol. The zero-order valence-corrected chi connectivity index (χ0v) is 35.4. The van der Waals surface area contributed by atoms with Gasteiger partial charge in [0.15, 0.2) is 0 Å². The van der Waals surface area contributed by atoms with Crippen molar-refractivity contribution in [1.29, 1.82) is 0 Å². The van der Waals surface area contributed by atoms with Crippen molar-refractivity contribution in [2.75, 3.05) is 6.61 Å². The van der Waals surface area contributed by atoms with Crippen molar-refractivity contribution < 1.29 is 84.4 Å². The number of hydrogen-bond acceptors (Lipinski definition) is 5. The number of rotatable bonds is 8. The minimum atomic E-state index is -6.00. The summed E-state index contributed by atoms with van der Waals surface area (Å²) in [6.07, 6.45) is 22.8. The summed E-state index contributed by atoms with van der Waals surface area (Å²) in [4.78, 5) is 16.5. The van der Waals surface area contributed by atoms with Crippen molar-refractivity contribution in [1.82, 2.24) is 38.2 Å². The molecule has 0 aliphatic rings. The van der Waals surface area contributed by atoms with Gasteiger partial charge in [0.05, 0.1) is 25.3 Å². The standard InChI is InChI=1S/2C17H20N4.C2H6O.2Ag.2BF4/c2*1-13-8-14(2)17(10-21-7-5-19-12-21)15(3)16(13)9-20-6-4-18-11-20;1-2-3;;;2*2-1(3,4)5/h2*4-8,11-12H,9-10H2,1-3H3;3H,2H2,1H3;;;;/q;;;2*+1;2*-1. The molecule has 0 saturated heterocycles. The van der Waals surface area contributed by atoms with Gasteiger partial charge in [-0.15, -0.1) is 0 Å². The molecule has 2 aromatic carbocycles. The number of hydrogen-bond donors (Lipinski definition) is 1. The van der Waals surface area contributed by atoms with Gasteiger partial charge in [-0.25, -0.2) is 19.9 Å². The number of aliphatic hydroxyl groups is 1. The van der Waals surface area contributed by atoms with Crippen LogP contribution in [0.3, 0.4) is 0 Å². The van der Waals surface area contributed by atoms with Gasteiger partial charge >= 0.3 is 59.3 Å². The molecular weight excluding hydrogens is 950 g/mol. The summed E-state index contributed by atoms with van der Waals surface area (Å²) in [7, 11) is -12.0. The monoisotopic (exact) mass is 994 g/mol. The Morgan fingerprint density at radius 2 is 0.632 bits per heavy atom. The second kappa shape index (κ2) is 25.6. The maximum atomic E-state index is 9.75. The second-order valence-electron chi connectivity index (χ2n) is 12.4. The Labute approximate surface area is 359 Å². The van der Waals surface area contributed by atoms with Crippen LogP contribution in [0.1, 0.15) is 62.6 Å². The van der Waals surface area contributed by atoms with E-state index in [-0.39, 0.29) is 51.4 Å². The summed E-state index contributed by atoms with van der Waals surface area (Å²) in [5.41, 5.74) is 13.6. The molecule has 0 amide bonds. The Balaban J connectivity index is 0.000000822. The SMILES string of the molecule is CCO.Cc1cc(C)c(Cn2ccnc2)c(C)c1Cn1ccnc1.Cc1cc(C)c(Cn2ccnc2)c(C)c1Cn1ccnc1.F[B-](F)(F)F.F[B-](F)(F)F.[Ag+].[Ag+]. The molecular formula is C36H46Ag2B2F8N8O. The molecule has 0 radical (unpaired) electrons. The van der Waals surface area contributed by atoms with Gasteiger partial charge in [-0.3, -0.25) is 0 Å². The topological polar surface area (TPSA) is 91.5 Å². The fraction of sp³-hybridized carbons (Fsp3) is 0.333. The molecule has 0 aliphatic carbocycles. The van der Waals surface area contributed by atoms with Gasteiger partial charge in [-0.1, -0.05) is 12.1 Å². The molecule has 0 fully saturated rings. The van der Waals surface area contributed by atoms with Crippen LogP contribution in [0.15, 0.2) is 87.0 Å². The minimum Gasteiger partial charge on any atom is -0.418 e. The Bertz CT molecular complexity index is 1700. The van der Waals surface area contributed by atoms with Gasteiger partial charge in [0.25, 0.3) is 0 Å². The molecule has 6 aromatic rings. The number of imidazole rings is 4. The molecule has 0 saturated carbocycles. The summed E-state index contributed by atoms with van der Waals surface area (Å²) < 4.78 is 86.5. The summed E-state index contributed by atoms with van der Waals surface area (Å²) in [5, 5.41) is 7.57. The van der Waals surface area contributed by atoms with Crippen LogP contribution in [-0.2, 0) is 70.9 Å². The van der Waals surface area contributed by atoms with Crippen LogP contribution >= 0.6 is 0 Å². The van der Waals surface area contributed by atoms with Gasteiger partial charge in [0.2, 0.25) is 0 Å². The van der Waals surface area contributed by atoms with Crippen LogP contribution in [0.4, 0.5) is 34.5 Å². The first-order valence-corrected chi connectivity index (χ1v) is 17.1. The van der Waals surface area contributed by atoms with Crippen LogP contribution in [0, 0.1) is 41.5 Å². The number of nitrogens with zero attached hydrogens (tertiary/aromatic N) is 8. The van der Waals surface area contributed by atoms with Crippen LogP contribution in [0.5, 0.6) is 0 Å². The predicted molar refractivity (Wildman–Crippen MR) is 200 cm³/mol. The van der Waals surface area contributed by atoms with Crippen LogP contribution < -0.4 is 0 Å². The Morgan fingerprint density at radius 3 is 0.772 bits per heavy atom. The van der Waals surface area contributed by atoms with E-state index in [0.29, 0.717) is 0 Å². The zero-order valence-electron chi connectivity index (χ0n) is 32.4. The molecule has 0 bridgehead atoms. The smallest absolute Gasteiger partial charge is 0.418 e. The summed E-state index contributed by atoms with van der Waals surface area (Å²) >= 11 is 0. The van der Waals surface area contributed by atoms with E-state index in [4.69, 9.17) is 5.11 Å². The largest absolute Gasteiger partial charge is 1.00 e. The van der Waals surface area contributed by atoms with Crippen molar-refractivity contribution in [3.63, 3.8) is 0 Å². The molecule has 0 atom stereocenters. The number of aryl methyl sites for hydroxylation is 4. The summed E-state index contributed by atoms with van der Waals surface area (Å²) in [6, 6.07) is 4.57. The molecule has 4 aromatic heterocycles. The van der Waals surface area contributed by atoms with Crippen molar-refractivity contribution in [3.05, 3.63) is 143 Å². The summed E-state index contributed by atoms with van der Waals surface area (Å²) in [6.45, 7) is 18.6. The van der Waals surface area contributed by atoms with Crippen LogP contribution in [0.2, 0.25) is 0 Å². The Morgan fingerprint density at radius 1 is 0.456 bits per heavy atom. The van der Waals surface area contributed by atoms with E-state index in [1.54, 1.807) is 6.92 Å². The van der Waals surface area contributed by atoms with E-state index < -0.39 is 14.5 Å². The second-order valence-corrected chi connectivity index (χ2v) is 12.4. The van der Waals surface area contributed by atoms with Crippen molar-refractivity contribution in [3.8, 4) is 0 Å². The van der Waals surface area contributed by atoms with Crippen molar-refractivity contribution in [2.24, 2.45) is 0 Å². The molecule has 0 aliphatic heterocycles. The van der Waals surface area contributed by atoms with E-state index in [1.807, 2.05) is 74.9 Å². The van der Waals surface area contributed by atoms with E-state index in [2.05, 4.69) is 91.9 Å².